The number of carboxylic acids is 1. The van der Waals surface area contributed by atoms with E-state index in [0.717, 1.165) is 23.3 Å². The average Bonchev–Trinajstić information content (AvgIpc) is 3.80. The third-order valence-electron chi connectivity index (χ3n) is 12.4. The van der Waals surface area contributed by atoms with Crippen molar-refractivity contribution >= 4 is 64.3 Å². The molecule has 2 aliphatic heterocycles. The standard InChI is InChI=1S/C47H62N8O16/c1-24(10-6-4-5-7-11-25-14-16-27(71-3)17-15-25)38(61)39(62)37-40(63)44(66)53-42-41(64)45(67)54-47(42,70)20-35(60)55(2)23-34(59)50-31(19-29-28-12-8-9-13-30(28)51-36(29)46(68)69)43(65)49-22-33(58)48-21-26(56)18-32(57)52-37/h7-9,11-17,24,26,31,37-42,51,56,61-64,70H,4-6,10,18-23H2,1-3H3,(H,48,58)(H,49,65)(H,50,59)(H,52,57)(H,53,66)(H,54,67)(H,68,69)/b11-7+/t24-,26+,31-,37+,38-,39-,40-,41+,42-,47-/m0/s1. The molecule has 2 saturated heterocycles. The van der Waals surface area contributed by atoms with E-state index >= 15 is 0 Å². The molecule has 71 heavy (non-hydrogen) atoms. The first kappa shape index (κ1) is 55.0. The summed E-state index contributed by atoms with van der Waals surface area (Å²) >= 11 is 0. The van der Waals surface area contributed by atoms with E-state index in [1.165, 1.54) is 0 Å². The number of β-amino-alcohol motifs (C(OH)–C–C–N with tert-alkyl or cyclic N) is 1. The Morgan fingerprint density at radius 2 is 1.58 bits per heavy atom. The molecule has 5 rings (SSSR count). The van der Waals surface area contributed by atoms with Gasteiger partial charge in [-0.1, -0.05) is 55.8 Å². The summed E-state index contributed by atoms with van der Waals surface area (Å²) in [5, 5.41) is 91.1. The second-order valence-corrected chi connectivity index (χ2v) is 17.8. The summed E-state index contributed by atoms with van der Waals surface area (Å²) in [6, 6.07) is 8.16. The van der Waals surface area contributed by atoms with Gasteiger partial charge in [-0.25, -0.2) is 4.79 Å². The quantitative estimate of drug-likeness (QED) is 0.0754. The first-order valence-electron chi connectivity index (χ1n) is 22.9. The van der Waals surface area contributed by atoms with E-state index < -0.39 is 147 Å². The molecule has 2 aliphatic rings. The topological polar surface area (TPSA) is 379 Å². The van der Waals surface area contributed by atoms with E-state index in [0.29, 0.717) is 36.6 Å². The summed E-state index contributed by atoms with van der Waals surface area (Å²) in [6.45, 7) is -0.564. The highest BCUT2D eigenvalue weighted by molar-refractivity contribution is 5.99. The van der Waals surface area contributed by atoms with Crippen molar-refractivity contribution in [1.29, 1.82) is 0 Å². The molecule has 0 unspecified atom stereocenters. The number of hydrogen-bond acceptors (Lipinski definition) is 15. The number of para-hydroxylation sites is 1. The maximum absolute atomic E-state index is 13.8. The lowest BCUT2D eigenvalue weighted by molar-refractivity contribution is -0.146. The number of hydrogen-bond donors (Lipinski definition) is 14. The largest absolute Gasteiger partial charge is 0.497 e. The van der Waals surface area contributed by atoms with Crippen LogP contribution >= 0.6 is 0 Å². The lowest BCUT2D eigenvalue weighted by atomic mass is 9.88. The first-order valence-corrected chi connectivity index (χ1v) is 22.9. The van der Waals surface area contributed by atoms with Crippen molar-refractivity contribution < 1.29 is 78.8 Å². The van der Waals surface area contributed by atoms with Gasteiger partial charge in [0.1, 0.15) is 29.6 Å². The third-order valence-corrected chi connectivity index (χ3v) is 12.4. The van der Waals surface area contributed by atoms with Gasteiger partial charge in [-0.3, -0.25) is 33.6 Å². The highest BCUT2D eigenvalue weighted by Gasteiger charge is 2.55. The van der Waals surface area contributed by atoms with Crippen LogP contribution in [0.5, 0.6) is 5.75 Å². The van der Waals surface area contributed by atoms with Gasteiger partial charge in [0.25, 0.3) is 11.8 Å². The van der Waals surface area contributed by atoms with Crippen LogP contribution in [-0.4, -0.2) is 181 Å². The van der Waals surface area contributed by atoms with Gasteiger partial charge >= 0.3 is 5.97 Å². The van der Waals surface area contributed by atoms with Crippen molar-refractivity contribution in [1.82, 2.24) is 41.8 Å². The molecule has 10 atom stereocenters. The normalized spacial score (nSPS) is 26.0. The van der Waals surface area contributed by atoms with Gasteiger partial charge in [-0.05, 0) is 54.5 Å². The number of fused-ring (bicyclic) bond motifs is 2. The Morgan fingerprint density at radius 1 is 0.873 bits per heavy atom. The van der Waals surface area contributed by atoms with Gasteiger partial charge < -0.3 is 82.3 Å². The molecule has 1 aromatic heterocycles. The average molecular weight is 995 g/mol. The van der Waals surface area contributed by atoms with Gasteiger partial charge in [0.2, 0.25) is 29.5 Å². The molecule has 2 fully saturated rings. The predicted octanol–water partition coefficient (Wildman–Crippen LogP) is -3.11. The van der Waals surface area contributed by atoms with E-state index in [-0.39, 0.29) is 11.3 Å². The van der Waals surface area contributed by atoms with E-state index in [1.54, 1.807) is 38.3 Å². The number of carboxylic acid groups (broad SMARTS) is 1. The molecule has 14 N–H and O–H groups in total. The van der Waals surface area contributed by atoms with Crippen molar-refractivity contribution in [3.8, 4) is 5.75 Å². The highest BCUT2D eigenvalue weighted by Crippen LogP contribution is 2.27. The first-order chi connectivity index (χ1) is 33.6. The number of carbonyl (C=O) groups is 8. The van der Waals surface area contributed by atoms with Crippen LogP contribution in [0.4, 0.5) is 0 Å². The van der Waals surface area contributed by atoms with Crippen molar-refractivity contribution in [3.63, 3.8) is 0 Å². The van der Waals surface area contributed by atoms with Crippen LogP contribution in [0.15, 0.2) is 54.6 Å². The molecule has 0 radical (unpaired) electrons. The molecule has 0 bridgehead atoms. The number of carbonyl (C=O) groups excluding carboxylic acids is 7. The fraction of sp³-hybridized carbons (Fsp3) is 0.489. The maximum atomic E-state index is 13.8. The maximum Gasteiger partial charge on any atom is 0.352 e. The Morgan fingerprint density at radius 3 is 2.27 bits per heavy atom. The Hall–Kier alpha value is -6.96. The zero-order chi connectivity index (χ0) is 52.2. The molecular weight excluding hydrogens is 933 g/mol. The summed E-state index contributed by atoms with van der Waals surface area (Å²) in [4.78, 5) is 109. The van der Waals surface area contributed by atoms with E-state index in [2.05, 4.69) is 31.6 Å². The van der Waals surface area contributed by atoms with Gasteiger partial charge in [-0.15, -0.1) is 0 Å². The minimum absolute atomic E-state index is 0.108. The second-order valence-electron chi connectivity index (χ2n) is 17.8. The molecule has 386 valence electrons. The zero-order valence-corrected chi connectivity index (χ0v) is 39.3. The number of amides is 7. The molecule has 24 heteroatoms. The lowest BCUT2D eigenvalue weighted by Crippen LogP contribution is -2.64. The monoisotopic (exact) mass is 994 g/mol. The number of aliphatic hydroxyl groups is 6. The molecule has 7 amide bonds. The van der Waals surface area contributed by atoms with Crippen molar-refractivity contribution in [2.75, 3.05) is 33.8 Å². The van der Waals surface area contributed by atoms with Gasteiger partial charge in [0.05, 0.1) is 51.3 Å². The molecular formula is C47H62N8O16. The fourth-order valence-corrected chi connectivity index (χ4v) is 8.30. The Labute approximate surface area is 407 Å². The summed E-state index contributed by atoms with van der Waals surface area (Å²) in [5.41, 5.74) is -1.61. The van der Waals surface area contributed by atoms with Crippen molar-refractivity contribution in [2.24, 2.45) is 5.92 Å². The minimum Gasteiger partial charge on any atom is -0.497 e. The highest BCUT2D eigenvalue weighted by atomic mass is 16.5. The number of aliphatic hydroxyl groups excluding tert-OH is 5. The molecule has 0 aliphatic carbocycles. The number of rotatable bonds is 13. The van der Waals surface area contributed by atoms with Crippen LogP contribution in [0.1, 0.15) is 67.1 Å². The van der Waals surface area contributed by atoms with E-state index in [9.17, 15) is 74.1 Å². The van der Waals surface area contributed by atoms with Gasteiger partial charge in [-0.2, -0.15) is 0 Å². The number of H-pyrrole nitrogens is 1. The fourth-order valence-electron chi connectivity index (χ4n) is 8.30. The summed E-state index contributed by atoms with van der Waals surface area (Å²) in [5.74, 6) is -9.14. The predicted molar refractivity (Wildman–Crippen MR) is 250 cm³/mol. The number of nitrogens with one attached hydrogen (secondary N) is 7. The van der Waals surface area contributed by atoms with Gasteiger partial charge in [0, 0.05) is 30.9 Å². The summed E-state index contributed by atoms with van der Waals surface area (Å²) in [6.07, 6.45) is -6.36. The molecule has 3 aromatic rings. The minimum atomic E-state index is -2.78. The van der Waals surface area contributed by atoms with Crippen LogP contribution in [0.3, 0.4) is 0 Å². The van der Waals surface area contributed by atoms with Crippen molar-refractivity contribution in [3.05, 3.63) is 71.4 Å². The Kier molecular flexibility index (Phi) is 19.2. The number of aromatic amines is 1. The molecule has 0 saturated carbocycles. The van der Waals surface area contributed by atoms with Crippen LogP contribution in [0.2, 0.25) is 0 Å². The number of likely N-dealkylation sites (N-methyl/N-ethyl adjacent to an activating group) is 1. The number of benzene rings is 2. The number of aromatic nitrogens is 1. The smallest absolute Gasteiger partial charge is 0.352 e. The van der Waals surface area contributed by atoms with Crippen LogP contribution in [0, 0.1) is 5.92 Å². The number of aromatic carboxylic acids is 1. The molecule has 0 spiro atoms. The van der Waals surface area contributed by atoms with E-state index in [4.69, 9.17) is 4.74 Å². The van der Waals surface area contributed by atoms with E-state index in [1.807, 2.05) is 41.7 Å². The second kappa shape index (κ2) is 24.7. The van der Waals surface area contributed by atoms with Gasteiger partial charge in [0.15, 0.2) is 17.9 Å². The third kappa shape index (κ3) is 14.6. The lowest BCUT2D eigenvalue weighted by Gasteiger charge is -2.35. The number of unbranched alkanes of at least 4 members (excludes halogenated alkanes) is 2. The number of allylic oxidation sites excluding steroid dienone is 1. The molecule has 24 nitrogen and oxygen atoms in total. The molecule has 3 heterocycles. The van der Waals surface area contributed by atoms with Crippen LogP contribution in [-0.2, 0) is 40.0 Å². The van der Waals surface area contributed by atoms with Crippen molar-refractivity contribution in [2.45, 2.75) is 106 Å². The van der Waals surface area contributed by atoms with Crippen LogP contribution in [0.25, 0.3) is 17.0 Å². The number of ether oxygens (including phenoxy) is 1. The zero-order valence-electron chi connectivity index (χ0n) is 39.3. The Balaban J connectivity index is 1.34. The SMILES string of the molecule is COc1ccc(/C=C/CCCC[C@H](C)[C@H](O)[C@@H](O)[C@H]2NC(=O)C[C@@H](O)CNC(=O)CNC(=O)[C@H](Cc3c(C(=O)O)[nH]c4ccccc34)NC(=O)CN(C)C(=O)C[C@@]3(O)NC(=O)[C@H](O)[C@@H]3NC(=O)[C@H]2O)cc1. The summed E-state index contributed by atoms with van der Waals surface area (Å²) < 4.78 is 5.17. The molecule has 2 aromatic carbocycles. The number of methoxy groups -OCH3 is 1. The Bertz CT molecular complexity index is 2450. The van der Waals surface area contributed by atoms with Crippen LogP contribution < -0.4 is 36.6 Å². The number of nitrogens with zero attached hydrogens (tertiary/aromatic N) is 1. The summed E-state index contributed by atoms with van der Waals surface area (Å²) in [7, 11) is 2.68.